The molecular weight excluding hydrogens is 560 g/mol. The summed E-state index contributed by atoms with van der Waals surface area (Å²) in [4.78, 5) is 76.3. The summed E-state index contributed by atoms with van der Waals surface area (Å²) >= 11 is 0. The number of carboxylic acids is 2. The van der Waals surface area contributed by atoms with Crippen molar-refractivity contribution >= 4 is 41.5 Å². The van der Waals surface area contributed by atoms with Crippen LogP contribution >= 0.6 is 0 Å². The number of benzene rings is 1. The molecule has 0 saturated heterocycles. The first kappa shape index (κ1) is 35.1. The van der Waals surface area contributed by atoms with Gasteiger partial charge in [-0.25, -0.2) is 4.79 Å². The van der Waals surface area contributed by atoms with E-state index in [-0.39, 0.29) is 37.5 Å². The number of nitrogens with one attached hydrogen (secondary N) is 4. The molecular formula is C24H36N8O10. The minimum absolute atomic E-state index is 0.0304. The van der Waals surface area contributed by atoms with Crippen LogP contribution in [0.25, 0.3) is 0 Å². The largest absolute Gasteiger partial charge is 0.508 e. The number of aliphatic hydroxyl groups is 1. The van der Waals surface area contributed by atoms with E-state index in [2.05, 4.69) is 20.9 Å². The lowest BCUT2D eigenvalue weighted by Gasteiger charge is -2.22. The van der Waals surface area contributed by atoms with E-state index in [0.717, 1.165) is 0 Å². The van der Waals surface area contributed by atoms with Gasteiger partial charge < -0.3 is 58.9 Å². The molecule has 0 unspecified atom stereocenters. The third-order valence-electron chi connectivity index (χ3n) is 5.56. The standard InChI is InChI=1S/C24H36N8O10/c25-14(8-12-3-5-13(34)6-4-12)20(38)31-15(2-1-7-28-24(26)27)21(39)29-10-18(35)30-16(9-19(36)37)22(40)32-17(11-33)23(41)42/h3-6,14-17,33-34H,1-2,7-11,25H2,(H,29,39)(H,30,35)(H,31,38)(H,32,40)(H,36,37)(H,41,42)(H4,26,27,28)/t14-,15+,16-,17-/m1/s1. The average Bonchev–Trinajstić information content (AvgIpc) is 2.91. The highest BCUT2D eigenvalue weighted by Gasteiger charge is 2.29. The third kappa shape index (κ3) is 13.4. The maximum atomic E-state index is 12.9. The quantitative estimate of drug-likeness (QED) is 0.0432. The van der Waals surface area contributed by atoms with E-state index in [4.69, 9.17) is 32.5 Å². The summed E-state index contributed by atoms with van der Waals surface area (Å²) in [5.74, 6) is -6.93. The molecule has 1 aromatic rings. The van der Waals surface area contributed by atoms with Crippen LogP contribution in [0.1, 0.15) is 24.8 Å². The lowest BCUT2D eigenvalue weighted by molar-refractivity contribution is -0.144. The lowest BCUT2D eigenvalue weighted by atomic mass is 10.0. The molecule has 0 radical (unpaired) electrons. The molecule has 4 atom stereocenters. The highest BCUT2D eigenvalue weighted by atomic mass is 16.4. The van der Waals surface area contributed by atoms with Crippen LogP contribution in [0.4, 0.5) is 0 Å². The molecule has 42 heavy (non-hydrogen) atoms. The second kappa shape index (κ2) is 17.7. The second-order valence-electron chi connectivity index (χ2n) is 9.00. The summed E-state index contributed by atoms with van der Waals surface area (Å²) in [5.41, 5.74) is 17.2. The molecule has 0 aliphatic rings. The topological polar surface area (TPSA) is 322 Å². The van der Waals surface area contributed by atoms with E-state index in [0.29, 0.717) is 5.56 Å². The molecule has 14 N–H and O–H groups in total. The van der Waals surface area contributed by atoms with Gasteiger partial charge in [0, 0.05) is 6.54 Å². The summed E-state index contributed by atoms with van der Waals surface area (Å²) in [6.45, 7) is -1.61. The van der Waals surface area contributed by atoms with Crippen molar-refractivity contribution in [3.05, 3.63) is 29.8 Å². The molecule has 0 aliphatic heterocycles. The molecule has 0 saturated carbocycles. The number of hydrogen-bond donors (Lipinski definition) is 11. The van der Waals surface area contributed by atoms with Crippen LogP contribution in [0.3, 0.4) is 0 Å². The van der Waals surface area contributed by atoms with Gasteiger partial charge in [-0.3, -0.25) is 29.0 Å². The van der Waals surface area contributed by atoms with Crippen LogP contribution in [0.2, 0.25) is 0 Å². The number of carboxylic acid groups (broad SMARTS) is 2. The van der Waals surface area contributed by atoms with Crippen molar-refractivity contribution in [2.75, 3.05) is 19.7 Å². The van der Waals surface area contributed by atoms with E-state index in [1.807, 2.05) is 5.32 Å². The first-order valence-corrected chi connectivity index (χ1v) is 12.6. The van der Waals surface area contributed by atoms with E-state index in [9.17, 15) is 33.9 Å². The summed E-state index contributed by atoms with van der Waals surface area (Å²) in [5, 5.41) is 45.2. The van der Waals surface area contributed by atoms with Gasteiger partial charge in [0.1, 0.15) is 23.9 Å². The molecule has 4 amide bonds. The van der Waals surface area contributed by atoms with E-state index >= 15 is 0 Å². The zero-order valence-corrected chi connectivity index (χ0v) is 22.5. The molecule has 1 rings (SSSR count). The van der Waals surface area contributed by atoms with Crippen molar-refractivity contribution < 1.29 is 49.2 Å². The number of aliphatic carboxylic acids is 2. The van der Waals surface area contributed by atoms with Crippen molar-refractivity contribution in [1.82, 2.24) is 21.3 Å². The smallest absolute Gasteiger partial charge is 0.328 e. The van der Waals surface area contributed by atoms with Crippen LogP contribution in [0.15, 0.2) is 29.3 Å². The fraction of sp³-hybridized carbons (Fsp3) is 0.458. The van der Waals surface area contributed by atoms with Crippen LogP contribution in [0, 0.1) is 0 Å². The Morgan fingerprint density at radius 1 is 0.857 bits per heavy atom. The number of rotatable bonds is 18. The van der Waals surface area contributed by atoms with Gasteiger partial charge in [0.05, 0.1) is 25.6 Å². The Morgan fingerprint density at radius 3 is 2.02 bits per heavy atom. The number of nitrogens with zero attached hydrogens (tertiary/aromatic N) is 1. The second-order valence-corrected chi connectivity index (χ2v) is 9.00. The number of carbonyl (C=O) groups excluding carboxylic acids is 4. The fourth-order valence-corrected chi connectivity index (χ4v) is 3.41. The molecule has 0 fully saturated rings. The highest BCUT2D eigenvalue weighted by molar-refractivity contribution is 5.95. The number of nitrogens with two attached hydrogens (primary N) is 3. The first-order chi connectivity index (χ1) is 19.7. The molecule has 18 heteroatoms. The maximum Gasteiger partial charge on any atom is 0.328 e. The molecule has 0 aromatic heterocycles. The molecule has 0 aliphatic carbocycles. The predicted molar refractivity (Wildman–Crippen MR) is 145 cm³/mol. The van der Waals surface area contributed by atoms with Gasteiger partial charge >= 0.3 is 11.9 Å². The minimum atomic E-state index is -1.74. The number of guanidine groups is 1. The van der Waals surface area contributed by atoms with Gasteiger partial charge in [0.2, 0.25) is 23.6 Å². The Labute approximate surface area is 239 Å². The monoisotopic (exact) mass is 596 g/mol. The number of hydrogen-bond acceptors (Lipinski definition) is 10. The Hall–Kier alpha value is -4.97. The van der Waals surface area contributed by atoms with Gasteiger partial charge in [-0.1, -0.05) is 12.1 Å². The van der Waals surface area contributed by atoms with Gasteiger partial charge in [0.15, 0.2) is 5.96 Å². The predicted octanol–water partition coefficient (Wildman–Crippen LogP) is -4.56. The van der Waals surface area contributed by atoms with Crippen LogP contribution in [-0.2, 0) is 35.2 Å². The van der Waals surface area contributed by atoms with E-state index in [1.54, 1.807) is 12.1 Å². The summed E-state index contributed by atoms with van der Waals surface area (Å²) in [7, 11) is 0. The average molecular weight is 597 g/mol. The summed E-state index contributed by atoms with van der Waals surface area (Å²) in [6, 6.07) is 0.259. The zero-order valence-electron chi connectivity index (χ0n) is 22.5. The maximum absolute atomic E-state index is 12.9. The highest BCUT2D eigenvalue weighted by Crippen LogP contribution is 2.11. The Morgan fingerprint density at radius 2 is 1.48 bits per heavy atom. The molecule has 232 valence electrons. The van der Waals surface area contributed by atoms with Crippen molar-refractivity contribution in [3.8, 4) is 5.75 Å². The van der Waals surface area contributed by atoms with E-state index < -0.39 is 79.3 Å². The van der Waals surface area contributed by atoms with Crippen molar-refractivity contribution in [2.24, 2.45) is 22.2 Å². The summed E-state index contributed by atoms with van der Waals surface area (Å²) in [6.07, 6.45) is -0.565. The normalized spacial score (nSPS) is 13.4. The van der Waals surface area contributed by atoms with E-state index in [1.165, 1.54) is 12.1 Å². The van der Waals surface area contributed by atoms with Crippen molar-refractivity contribution in [2.45, 2.75) is 49.9 Å². The van der Waals surface area contributed by atoms with Crippen LogP contribution in [0.5, 0.6) is 5.75 Å². The van der Waals surface area contributed by atoms with Gasteiger partial charge in [-0.2, -0.15) is 0 Å². The Kier molecular flexibility index (Phi) is 14.7. The molecule has 18 nitrogen and oxygen atoms in total. The fourth-order valence-electron chi connectivity index (χ4n) is 3.41. The number of aliphatic imine (C=N–C) groups is 1. The van der Waals surface area contributed by atoms with Crippen molar-refractivity contribution in [1.29, 1.82) is 0 Å². The zero-order chi connectivity index (χ0) is 31.8. The summed E-state index contributed by atoms with van der Waals surface area (Å²) < 4.78 is 0. The molecule has 1 aromatic carbocycles. The number of phenolic OH excluding ortho intramolecular Hbond substituents is 1. The van der Waals surface area contributed by atoms with Crippen molar-refractivity contribution in [3.63, 3.8) is 0 Å². The molecule has 0 spiro atoms. The van der Waals surface area contributed by atoms with Gasteiger partial charge in [-0.05, 0) is 37.0 Å². The van der Waals surface area contributed by atoms with Gasteiger partial charge in [-0.15, -0.1) is 0 Å². The van der Waals surface area contributed by atoms with Crippen LogP contribution in [-0.4, -0.2) is 106 Å². The SMILES string of the molecule is NC(N)=NCCC[C@H](NC(=O)[C@H](N)Cc1ccc(O)cc1)C(=O)NCC(=O)N[C@H](CC(=O)O)C(=O)N[C@H](CO)C(=O)O. The number of amides is 4. The minimum Gasteiger partial charge on any atom is -0.508 e. The van der Waals surface area contributed by atoms with Gasteiger partial charge in [0.25, 0.3) is 0 Å². The Bertz CT molecular complexity index is 1140. The number of carbonyl (C=O) groups is 6. The number of phenols is 1. The molecule has 0 heterocycles. The number of aliphatic hydroxyl groups excluding tert-OH is 1. The number of aromatic hydroxyl groups is 1. The molecule has 0 bridgehead atoms. The van der Waals surface area contributed by atoms with Crippen LogP contribution < -0.4 is 38.5 Å². The lowest BCUT2D eigenvalue weighted by Crippen LogP contribution is -2.56. The third-order valence-corrected chi connectivity index (χ3v) is 5.56. The first-order valence-electron chi connectivity index (χ1n) is 12.6. The Balaban J connectivity index is 2.86.